The zero-order valence-corrected chi connectivity index (χ0v) is 12.8. The summed E-state index contributed by atoms with van der Waals surface area (Å²) < 4.78 is 39.4. The molecule has 8 heteroatoms. The number of carbonyl (C=O) groups is 1. The maximum absolute atomic E-state index is 13.5. The van der Waals surface area contributed by atoms with E-state index in [0.29, 0.717) is 12.0 Å². The van der Waals surface area contributed by atoms with Crippen molar-refractivity contribution < 1.29 is 18.0 Å². The second-order valence-electron chi connectivity index (χ2n) is 5.32. The molecule has 0 radical (unpaired) electrons. The van der Waals surface area contributed by atoms with Crippen molar-refractivity contribution in [2.75, 3.05) is 18.9 Å². The van der Waals surface area contributed by atoms with Crippen molar-refractivity contribution in [2.45, 2.75) is 31.7 Å². The monoisotopic (exact) mass is 328 g/mol. The average Bonchev–Trinajstić information content (AvgIpc) is 3.05. The Labute approximate surface area is 132 Å². The Hall–Kier alpha value is -2.25. The molecule has 1 aliphatic carbocycles. The van der Waals surface area contributed by atoms with Gasteiger partial charge in [-0.3, -0.25) is 9.79 Å². The van der Waals surface area contributed by atoms with E-state index in [-0.39, 0.29) is 6.54 Å². The van der Waals surface area contributed by atoms with E-state index in [1.807, 2.05) is 0 Å². The minimum Gasteiger partial charge on any atom is -0.354 e. The first-order valence-electron chi connectivity index (χ1n) is 7.41. The minimum atomic E-state index is -1.62. The number of aliphatic imine (C=N–C) groups is 1. The Kier molecular flexibility index (Phi) is 5.84. The quantitative estimate of drug-likeness (QED) is 0.451. The molecule has 0 saturated heterocycles. The van der Waals surface area contributed by atoms with Crippen LogP contribution in [0.15, 0.2) is 17.1 Å². The molecule has 0 bridgehead atoms. The lowest BCUT2D eigenvalue weighted by Crippen LogP contribution is -2.45. The molecule has 2 rings (SSSR count). The number of hydrogen-bond acceptors (Lipinski definition) is 2. The standard InChI is InChI=1S/C15H19F3N4O/c1-19-15(21-9-4-2-3-5-9)20-8-12(23)22-11-7-6-10(16)13(17)14(11)18/h6-7,9H,2-5,8H2,1H3,(H,22,23)(H2,19,20,21). The SMILES string of the molecule is CN=C(NCC(=O)Nc1ccc(F)c(F)c1F)NC1CCCC1. The normalized spacial score (nSPS) is 15.6. The third-order valence-electron chi connectivity index (χ3n) is 3.65. The van der Waals surface area contributed by atoms with Gasteiger partial charge in [-0.05, 0) is 25.0 Å². The van der Waals surface area contributed by atoms with Gasteiger partial charge in [0.1, 0.15) is 0 Å². The largest absolute Gasteiger partial charge is 0.354 e. The van der Waals surface area contributed by atoms with Crippen molar-refractivity contribution in [1.29, 1.82) is 0 Å². The van der Waals surface area contributed by atoms with E-state index in [9.17, 15) is 18.0 Å². The first kappa shape index (κ1) is 17.1. The van der Waals surface area contributed by atoms with E-state index in [0.717, 1.165) is 37.8 Å². The summed E-state index contributed by atoms with van der Waals surface area (Å²) in [6.07, 6.45) is 4.41. The van der Waals surface area contributed by atoms with E-state index in [2.05, 4.69) is 20.9 Å². The van der Waals surface area contributed by atoms with Gasteiger partial charge >= 0.3 is 0 Å². The zero-order chi connectivity index (χ0) is 16.8. The summed E-state index contributed by atoms with van der Waals surface area (Å²) in [6.45, 7) is -0.176. The molecule has 0 aliphatic heterocycles. The summed E-state index contributed by atoms with van der Waals surface area (Å²) in [6, 6.07) is 2.05. The molecular weight excluding hydrogens is 309 g/mol. The lowest BCUT2D eigenvalue weighted by molar-refractivity contribution is -0.115. The van der Waals surface area contributed by atoms with Crippen LogP contribution in [0.1, 0.15) is 25.7 Å². The van der Waals surface area contributed by atoms with Gasteiger partial charge in [0.2, 0.25) is 5.91 Å². The van der Waals surface area contributed by atoms with Crippen LogP contribution in [0.3, 0.4) is 0 Å². The Morgan fingerprint density at radius 1 is 1.22 bits per heavy atom. The summed E-state index contributed by atoms with van der Waals surface area (Å²) in [7, 11) is 1.58. The van der Waals surface area contributed by atoms with Crippen LogP contribution in [0.5, 0.6) is 0 Å². The van der Waals surface area contributed by atoms with Gasteiger partial charge in [0.05, 0.1) is 12.2 Å². The number of anilines is 1. The van der Waals surface area contributed by atoms with Crippen LogP contribution in [-0.2, 0) is 4.79 Å². The van der Waals surface area contributed by atoms with Crippen LogP contribution < -0.4 is 16.0 Å². The van der Waals surface area contributed by atoms with Gasteiger partial charge in [0.25, 0.3) is 0 Å². The number of halogens is 3. The van der Waals surface area contributed by atoms with Crippen molar-refractivity contribution in [1.82, 2.24) is 10.6 Å². The maximum atomic E-state index is 13.5. The highest BCUT2D eigenvalue weighted by atomic mass is 19.2. The third kappa shape index (κ3) is 4.61. The van der Waals surface area contributed by atoms with Crippen LogP contribution in [0.4, 0.5) is 18.9 Å². The number of benzene rings is 1. The minimum absolute atomic E-state index is 0.176. The zero-order valence-electron chi connectivity index (χ0n) is 12.8. The second-order valence-corrected chi connectivity index (χ2v) is 5.32. The van der Waals surface area contributed by atoms with Crippen molar-refractivity contribution in [3.63, 3.8) is 0 Å². The highest BCUT2D eigenvalue weighted by Gasteiger charge is 2.17. The first-order valence-corrected chi connectivity index (χ1v) is 7.41. The van der Waals surface area contributed by atoms with E-state index < -0.39 is 29.0 Å². The fraction of sp³-hybridized carbons (Fsp3) is 0.467. The highest BCUT2D eigenvalue weighted by molar-refractivity contribution is 5.95. The molecule has 0 spiro atoms. The van der Waals surface area contributed by atoms with Crippen molar-refractivity contribution in [2.24, 2.45) is 4.99 Å². The van der Waals surface area contributed by atoms with Crippen LogP contribution in [0, 0.1) is 17.5 Å². The number of guanidine groups is 1. The molecule has 1 saturated carbocycles. The lowest BCUT2D eigenvalue weighted by Gasteiger charge is -2.16. The van der Waals surface area contributed by atoms with Crippen LogP contribution in [-0.4, -0.2) is 31.5 Å². The molecule has 126 valence electrons. The van der Waals surface area contributed by atoms with E-state index in [1.165, 1.54) is 0 Å². The summed E-state index contributed by atoms with van der Waals surface area (Å²) in [5.74, 6) is -4.47. The Morgan fingerprint density at radius 2 is 1.91 bits per heavy atom. The summed E-state index contributed by atoms with van der Waals surface area (Å²) in [4.78, 5) is 15.8. The molecule has 1 aliphatic rings. The molecule has 0 atom stereocenters. The van der Waals surface area contributed by atoms with Gasteiger partial charge in [-0.1, -0.05) is 12.8 Å². The molecular formula is C15H19F3N4O. The van der Waals surface area contributed by atoms with Gasteiger partial charge in [-0.15, -0.1) is 0 Å². The molecule has 1 fully saturated rings. The fourth-order valence-electron chi connectivity index (χ4n) is 2.44. The number of nitrogens with one attached hydrogen (secondary N) is 3. The van der Waals surface area contributed by atoms with Crippen LogP contribution >= 0.6 is 0 Å². The number of amides is 1. The molecule has 5 nitrogen and oxygen atoms in total. The first-order chi connectivity index (χ1) is 11.0. The second kappa shape index (κ2) is 7.85. The van der Waals surface area contributed by atoms with Crippen molar-refractivity contribution in [3.05, 3.63) is 29.6 Å². The molecule has 0 unspecified atom stereocenters. The van der Waals surface area contributed by atoms with Crippen molar-refractivity contribution >= 4 is 17.6 Å². The molecule has 1 aromatic carbocycles. The van der Waals surface area contributed by atoms with Gasteiger partial charge in [0, 0.05) is 13.1 Å². The highest BCUT2D eigenvalue weighted by Crippen LogP contribution is 2.19. The molecule has 3 N–H and O–H groups in total. The molecule has 23 heavy (non-hydrogen) atoms. The summed E-state index contributed by atoms with van der Waals surface area (Å²) in [5, 5.41) is 8.17. The molecule has 0 heterocycles. The topological polar surface area (TPSA) is 65.5 Å². The number of rotatable bonds is 4. The van der Waals surface area contributed by atoms with E-state index in [4.69, 9.17) is 0 Å². The van der Waals surface area contributed by atoms with Crippen LogP contribution in [0.25, 0.3) is 0 Å². The molecule has 1 amide bonds. The van der Waals surface area contributed by atoms with Gasteiger partial charge in [-0.2, -0.15) is 0 Å². The number of nitrogens with zero attached hydrogens (tertiary/aromatic N) is 1. The smallest absolute Gasteiger partial charge is 0.243 e. The Morgan fingerprint density at radius 3 is 2.57 bits per heavy atom. The average molecular weight is 328 g/mol. The Bertz CT molecular complexity index is 601. The maximum Gasteiger partial charge on any atom is 0.243 e. The summed E-state index contributed by atoms with van der Waals surface area (Å²) >= 11 is 0. The van der Waals surface area contributed by atoms with Gasteiger partial charge in [0.15, 0.2) is 23.4 Å². The lowest BCUT2D eigenvalue weighted by atomic mass is 10.2. The van der Waals surface area contributed by atoms with Crippen LogP contribution in [0.2, 0.25) is 0 Å². The predicted molar refractivity (Wildman–Crippen MR) is 81.7 cm³/mol. The predicted octanol–water partition coefficient (Wildman–Crippen LogP) is 2.15. The fourth-order valence-corrected chi connectivity index (χ4v) is 2.44. The number of hydrogen-bond donors (Lipinski definition) is 3. The summed E-state index contributed by atoms with van der Waals surface area (Å²) in [5.41, 5.74) is -0.408. The van der Waals surface area contributed by atoms with E-state index in [1.54, 1.807) is 7.05 Å². The molecule has 0 aromatic heterocycles. The Balaban J connectivity index is 1.85. The van der Waals surface area contributed by atoms with Crippen molar-refractivity contribution in [3.8, 4) is 0 Å². The number of carbonyl (C=O) groups excluding carboxylic acids is 1. The van der Waals surface area contributed by atoms with Gasteiger partial charge in [-0.25, -0.2) is 13.2 Å². The third-order valence-corrected chi connectivity index (χ3v) is 3.65. The van der Waals surface area contributed by atoms with E-state index >= 15 is 0 Å². The molecule has 1 aromatic rings. The van der Waals surface area contributed by atoms with Gasteiger partial charge < -0.3 is 16.0 Å².